The van der Waals surface area contributed by atoms with Gasteiger partial charge in [-0.05, 0) is 117 Å². The van der Waals surface area contributed by atoms with Crippen LogP contribution in [0.1, 0.15) is 46.5 Å². The van der Waals surface area contributed by atoms with E-state index < -0.39 is 36.8 Å². The molecule has 0 atom stereocenters. The summed E-state index contributed by atoms with van der Waals surface area (Å²) in [6.07, 6.45) is 12.6. The van der Waals surface area contributed by atoms with Crippen LogP contribution in [0.2, 0.25) is 0 Å². The smallest absolute Gasteiger partial charge is 0.244 e. The van der Waals surface area contributed by atoms with Crippen molar-refractivity contribution in [3.63, 3.8) is 0 Å². The number of amides is 8. The molecule has 0 aromatic rings. The Kier molecular flexibility index (Phi) is 79.0. The molecule has 0 fully saturated rings. The Labute approximate surface area is 533 Å². The average Bonchev–Trinajstić information content (AvgIpc) is 3.56. The number of ketones is 1. The van der Waals surface area contributed by atoms with Crippen LogP contribution in [0.25, 0.3) is 0 Å². The van der Waals surface area contributed by atoms with Crippen molar-refractivity contribution in [2.24, 2.45) is 0 Å². The second kappa shape index (κ2) is 67.1. The number of halogens is 2. The molecule has 87 heavy (non-hydrogen) atoms. The van der Waals surface area contributed by atoms with Crippen molar-refractivity contribution in [2.45, 2.75) is 57.5 Å². The highest BCUT2D eigenvalue weighted by Gasteiger charge is 2.29. The Morgan fingerprint density at radius 1 is 0.402 bits per heavy atom. The number of quaternary nitrogens is 2. The fraction of sp³-hybridized carbons (Fsp3) is 0.576. The van der Waals surface area contributed by atoms with E-state index in [-0.39, 0.29) is 85.2 Å². The van der Waals surface area contributed by atoms with E-state index in [2.05, 4.69) is 142 Å². The van der Waals surface area contributed by atoms with Crippen molar-refractivity contribution in [1.29, 1.82) is 0 Å². The van der Waals surface area contributed by atoms with Gasteiger partial charge < -0.3 is 112 Å². The fourth-order valence-corrected chi connectivity index (χ4v) is 4.82. The Hall–Kier alpha value is -6.43. The third kappa shape index (κ3) is 96.1. The molecule has 8 amide bonds. The van der Waals surface area contributed by atoms with E-state index in [1.165, 1.54) is 43.4 Å². The van der Waals surface area contributed by atoms with Crippen molar-refractivity contribution in [3.05, 3.63) is 101 Å². The Bertz CT molecular complexity index is 1930. The summed E-state index contributed by atoms with van der Waals surface area (Å²) in [6, 6.07) is 0. The molecule has 0 saturated heterocycles. The van der Waals surface area contributed by atoms with Gasteiger partial charge in [-0.3, -0.25) is 43.2 Å². The number of aliphatic hydroxyl groups excluding tert-OH is 5. The fourth-order valence-electron chi connectivity index (χ4n) is 4.82. The second-order valence-electron chi connectivity index (χ2n) is 21.0. The lowest BCUT2D eigenvalue weighted by Crippen LogP contribution is -3.00. The average molecular weight is 1290 g/mol. The van der Waals surface area contributed by atoms with E-state index in [1.54, 1.807) is 13.8 Å². The Morgan fingerprint density at radius 3 is 0.989 bits per heavy atom. The van der Waals surface area contributed by atoms with Gasteiger partial charge in [0, 0.05) is 64.3 Å². The van der Waals surface area contributed by atoms with Crippen LogP contribution in [0.4, 0.5) is 0 Å². The molecule has 0 aromatic carbocycles. The summed E-state index contributed by atoms with van der Waals surface area (Å²) < 4.78 is 1.79. The van der Waals surface area contributed by atoms with Gasteiger partial charge in [-0.1, -0.05) is 52.6 Å². The van der Waals surface area contributed by atoms with Gasteiger partial charge in [0.25, 0.3) is 0 Å². The predicted octanol–water partition coefficient (Wildman–Crippen LogP) is -7.52. The summed E-state index contributed by atoms with van der Waals surface area (Å²) in [5.41, 5.74) is -1.83. The summed E-state index contributed by atoms with van der Waals surface area (Å²) in [5.74, 6) is -1.57. The van der Waals surface area contributed by atoms with Gasteiger partial charge in [0.2, 0.25) is 47.3 Å². The quantitative estimate of drug-likeness (QED) is 0.0162. The molecule has 0 rings (SSSR count). The van der Waals surface area contributed by atoms with Gasteiger partial charge in [-0.15, -0.1) is 0 Å². The molecule has 0 unspecified atom stereocenters. The number of carbonyl (C=O) groups is 9. The van der Waals surface area contributed by atoms with Crippen LogP contribution < -0.4 is 67.3 Å². The second-order valence-corrected chi connectivity index (χ2v) is 21.0. The van der Waals surface area contributed by atoms with E-state index in [0.717, 1.165) is 73.2 Å². The number of nitrogens with zero attached hydrogens (tertiary/aromatic N) is 4. The van der Waals surface area contributed by atoms with Gasteiger partial charge in [0.05, 0.1) is 88.3 Å². The van der Waals surface area contributed by atoms with E-state index >= 15 is 0 Å². The van der Waals surface area contributed by atoms with Crippen molar-refractivity contribution < 1.29 is 102 Å². The number of hydrogen-bond acceptors (Lipinski definition) is 16. The van der Waals surface area contributed by atoms with E-state index in [4.69, 9.17) is 25.5 Å². The highest BCUT2D eigenvalue weighted by atomic mass is 35.5. The van der Waals surface area contributed by atoms with E-state index in [0.29, 0.717) is 39.0 Å². The maximum absolute atomic E-state index is 10.9. The molecular formula is C59H114Cl2N12O14. The Morgan fingerprint density at radius 2 is 0.701 bits per heavy atom. The first kappa shape index (κ1) is 102. The molecule has 0 heterocycles. The molecule has 508 valence electrons. The molecule has 0 bridgehead atoms. The number of Topliss-reactive ketones (excluding diaryl/α,β-unsaturated/α-hetero) is 1. The summed E-state index contributed by atoms with van der Waals surface area (Å²) >= 11 is 0. The van der Waals surface area contributed by atoms with Crippen LogP contribution in [0.15, 0.2) is 101 Å². The molecule has 0 saturated carbocycles. The maximum Gasteiger partial charge on any atom is 0.244 e. The predicted molar refractivity (Wildman–Crippen MR) is 340 cm³/mol. The first-order valence-corrected chi connectivity index (χ1v) is 27.1. The first-order chi connectivity index (χ1) is 39.4. The van der Waals surface area contributed by atoms with Gasteiger partial charge in [-0.2, -0.15) is 0 Å². The number of aliphatic hydroxyl groups is 5. The van der Waals surface area contributed by atoms with Gasteiger partial charge in [0.15, 0.2) is 0 Å². The van der Waals surface area contributed by atoms with Crippen LogP contribution in [0.3, 0.4) is 0 Å². The molecule has 13 N–H and O–H groups in total. The maximum atomic E-state index is 10.9. The zero-order chi connectivity index (χ0) is 68.1. The Balaban J connectivity index is -0.0000000973. The summed E-state index contributed by atoms with van der Waals surface area (Å²) in [7, 11) is 20.6. The normalized spacial score (nSPS) is 9.79. The third-order valence-corrected chi connectivity index (χ3v) is 9.30. The van der Waals surface area contributed by atoms with Crippen molar-refractivity contribution in [2.75, 3.05) is 169 Å². The molecule has 0 aliphatic carbocycles. The zero-order valence-electron chi connectivity index (χ0n) is 54.7. The minimum atomic E-state index is -1.36. The van der Waals surface area contributed by atoms with Crippen LogP contribution >= 0.6 is 0 Å². The summed E-state index contributed by atoms with van der Waals surface area (Å²) in [4.78, 5) is 99.6. The zero-order valence-corrected chi connectivity index (χ0v) is 56.2. The van der Waals surface area contributed by atoms with Crippen LogP contribution in [0.5, 0.6) is 0 Å². The lowest BCUT2D eigenvalue weighted by molar-refractivity contribution is -0.870. The highest BCUT2D eigenvalue weighted by Crippen LogP contribution is 2.08. The molecule has 28 heteroatoms. The topological polar surface area (TPSA) is 357 Å². The number of carbonyl (C=O) groups excluding carboxylic acids is 9. The van der Waals surface area contributed by atoms with Gasteiger partial charge >= 0.3 is 0 Å². The van der Waals surface area contributed by atoms with E-state index in [9.17, 15) is 43.2 Å². The third-order valence-electron chi connectivity index (χ3n) is 9.30. The standard InChI is InChI=1S/C9H18N2O.C9H15NO2.2C8H16N2O.C7H14N2O.C7H13NO4.C6H11NO2.C5H9NO2.2ClH/c1-5-9(12)10-7-6-8-11(2,3)4;1-5-8(12)10-9(3,4)6-7(2)11;1-5-8(11)9-6-7-10(2,3)4;1-4-8(11)9-6-5-7-10(2)3;1-4-7(10)8-5-6-9(2)3;1-2-6(12)8-7(3-9,4-10)5-11;1-2-6(9)7-4-3-5-8;1-2-5(8)6-3-4-7;;/h5H,1,6-8H2,2-4H3;5H,1,6H2,2-4H3,(H,10,12);5H,1,6-7H2,2-4H3;4H,1,5-7H2,2-3H3,(H,9,11);4H,1,5-6H2,2-3H3,(H,8,10);2,9-11H,1,3-5H2,(H,8,12);2,8H,1,3-5H2,(H,7,9);2,7H,1,3-4H2,(H,6,8);2*1H. The van der Waals surface area contributed by atoms with Crippen molar-refractivity contribution >= 4 is 53.0 Å². The first-order valence-electron chi connectivity index (χ1n) is 27.1. The van der Waals surface area contributed by atoms with Crippen molar-refractivity contribution in [3.8, 4) is 0 Å². The van der Waals surface area contributed by atoms with Crippen LogP contribution in [0, 0.1) is 0 Å². The lowest BCUT2D eigenvalue weighted by atomic mass is 9.98. The number of likely N-dealkylation sites (N-methyl/N-ethyl adjacent to an activating group) is 2. The van der Waals surface area contributed by atoms with Crippen LogP contribution in [-0.4, -0.2) is 277 Å². The van der Waals surface area contributed by atoms with E-state index in [1.807, 2.05) is 33.1 Å². The summed E-state index contributed by atoms with van der Waals surface area (Å²) in [5, 5.41) is 63.3. The minimum absolute atomic E-state index is 0. The molecule has 0 aliphatic heterocycles. The van der Waals surface area contributed by atoms with Gasteiger partial charge in [-0.25, -0.2) is 0 Å². The largest absolute Gasteiger partial charge is 1.00 e. The lowest BCUT2D eigenvalue weighted by Gasteiger charge is -2.27. The number of nitrogens with one attached hydrogen (secondary N) is 8. The number of rotatable bonds is 34. The minimum Gasteiger partial charge on any atom is -1.00 e. The molecule has 0 radical (unpaired) electrons. The number of hydrogen-bond donors (Lipinski definition) is 13. The SMILES string of the molecule is C=CC(=O)NC(C)(C)CC(C)=O.C=CC(=O)NC(CO)(CO)CO.C=CC(=O)NCCCN(C)C.C=CC(=O)NCCCO.C=CC(=O)NCCC[N+](C)(C)C.C=CC(=O)NCCN(C)C.C=CC(=O)NCCO.C=CC(=O)NCC[N+](C)(C)C.[Cl-].[Cl-]. The summed E-state index contributed by atoms with van der Waals surface area (Å²) in [6.45, 7) is 37.5. The monoisotopic (exact) mass is 1280 g/mol. The highest BCUT2D eigenvalue weighted by molar-refractivity contribution is 5.90. The van der Waals surface area contributed by atoms with Gasteiger partial charge in [0.1, 0.15) is 11.3 Å². The molecule has 0 spiro atoms. The molecule has 26 nitrogen and oxygen atoms in total. The molecule has 0 aromatic heterocycles. The van der Waals surface area contributed by atoms with Crippen LogP contribution in [-0.2, 0) is 43.2 Å². The molecule has 0 aliphatic rings. The molecular weight excluding hydrogens is 1170 g/mol. The van der Waals surface area contributed by atoms with Crippen molar-refractivity contribution in [1.82, 2.24) is 52.3 Å².